The maximum absolute atomic E-state index is 6.29. The normalized spacial score (nSPS) is 15.9. The lowest BCUT2D eigenvalue weighted by Crippen LogP contribution is -2.43. The molecular weight excluding hydrogens is 320 g/mol. The third-order valence-electron chi connectivity index (χ3n) is 5.44. The Labute approximate surface area is 155 Å². The van der Waals surface area contributed by atoms with Gasteiger partial charge in [-0.15, -0.1) is 0 Å². The van der Waals surface area contributed by atoms with E-state index in [0.29, 0.717) is 0 Å². The number of aromatic amines is 1. The van der Waals surface area contributed by atoms with Gasteiger partial charge in [0.25, 0.3) is 0 Å². The molecule has 3 aromatic rings. The molecule has 4 heteroatoms. The largest absolute Gasteiger partial charge is 0.361 e. The highest BCUT2D eigenvalue weighted by Gasteiger charge is 2.15. The third kappa shape index (κ3) is 3.98. The molecule has 0 saturated carbocycles. The summed E-state index contributed by atoms with van der Waals surface area (Å²) in [6, 6.07) is 17.2. The first-order chi connectivity index (χ1) is 12.8. The maximum Gasteiger partial charge on any atom is 0.0549 e. The Morgan fingerprint density at radius 2 is 1.88 bits per heavy atom. The van der Waals surface area contributed by atoms with E-state index in [1.54, 1.807) is 0 Å². The Kier molecular flexibility index (Phi) is 5.34. The summed E-state index contributed by atoms with van der Waals surface area (Å²) in [6.07, 6.45) is 5.26. The minimum Gasteiger partial charge on any atom is -0.361 e. The van der Waals surface area contributed by atoms with E-state index in [2.05, 4.69) is 69.9 Å². The fourth-order valence-electron chi connectivity index (χ4n) is 3.90. The van der Waals surface area contributed by atoms with E-state index in [4.69, 9.17) is 5.73 Å². The number of hydrogen-bond donors (Lipinski definition) is 3. The highest BCUT2D eigenvalue weighted by atomic mass is 15.2. The Bertz CT molecular complexity index is 854. The molecular formula is C22H28N4. The van der Waals surface area contributed by atoms with Gasteiger partial charge in [-0.1, -0.05) is 42.5 Å². The average Bonchev–Trinajstić information content (AvgIpc) is 3.09. The predicted molar refractivity (Wildman–Crippen MR) is 108 cm³/mol. The molecule has 1 aliphatic heterocycles. The van der Waals surface area contributed by atoms with E-state index in [-0.39, 0.29) is 6.17 Å². The first kappa shape index (κ1) is 17.3. The molecule has 1 aromatic heterocycles. The van der Waals surface area contributed by atoms with Crippen LogP contribution < -0.4 is 11.1 Å². The maximum atomic E-state index is 6.29. The summed E-state index contributed by atoms with van der Waals surface area (Å²) >= 11 is 0. The van der Waals surface area contributed by atoms with Crippen LogP contribution in [0.5, 0.6) is 0 Å². The Morgan fingerprint density at radius 3 is 2.81 bits per heavy atom. The van der Waals surface area contributed by atoms with Crippen LogP contribution in [0.2, 0.25) is 0 Å². The summed E-state index contributed by atoms with van der Waals surface area (Å²) in [5.41, 5.74) is 11.8. The van der Waals surface area contributed by atoms with Gasteiger partial charge in [0.15, 0.2) is 0 Å². The van der Waals surface area contributed by atoms with Crippen molar-refractivity contribution in [2.45, 2.75) is 32.0 Å². The van der Waals surface area contributed by atoms with Gasteiger partial charge in [-0.3, -0.25) is 4.90 Å². The quantitative estimate of drug-likeness (QED) is 0.575. The number of rotatable bonds is 7. The van der Waals surface area contributed by atoms with Crippen LogP contribution in [-0.2, 0) is 19.4 Å². The van der Waals surface area contributed by atoms with Gasteiger partial charge in [0.1, 0.15) is 0 Å². The summed E-state index contributed by atoms with van der Waals surface area (Å²) in [4.78, 5) is 5.85. The van der Waals surface area contributed by atoms with Gasteiger partial charge < -0.3 is 16.0 Å². The van der Waals surface area contributed by atoms with E-state index in [1.165, 1.54) is 27.6 Å². The minimum atomic E-state index is 0.0424. The predicted octanol–water partition coefficient (Wildman–Crippen LogP) is 3.03. The molecule has 1 unspecified atom stereocenters. The molecule has 4 rings (SSSR count). The number of fused-ring (bicyclic) bond motifs is 2. The van der Waals surface area contributed by atoms with Gasteiger partial charge >= 0.3 is 0 Å². The molecule has 4 nitrogen and oxygen atoms in total. The first-order valence-electron chi connectivity index (χ1n) is 9.63. The van der Waals surface area contributed by atoms with Crippen molar-refractivity contribution in [2.24, 2.45) is 5.73 Å². The van der Waals surface area contributed by atoms with Crippen molar-refractivity contribution < 1.29 is 0 Å². The van der Waals surface area contributed by atoms with Crippen LogP contribution in [0.25, 0.3) is 10.9 Å². The minimum absolute atomic E-state index is 0.0424. The first-order valence-corrected chi connectivity index (χ1v) is 9.63. The molecule has 0 fully saturated rings. The lowest BCUT2D eigenvalue weighted by molar-refractivity contribution is 0.249. The zero-order chi connectivity index (χ0) is 17.8. The summed E-state index contributed by atoms with van der Waals surface area (Å²) in [5.74, 6) is 0. The number of aryl methyl sites for hydroxylation is 1. The van der Waals surface area contributed by atoms with Gasteiger partial charge in [-0.05, 0) is 42.0 Å². The number of H-pyrrole nitrogens is 1. The Hall–Kier alpha value is -2.14. The van der Waals surface area contributed by atoms with Crippen molar-refractivity contribution in [3.63, 3.8) is 0 Å². The number of hydrogen-bond acceptors (Lipinski definition) is 3. The summed E-state index contributed by atoms with van der Waals surface area (Å²) in [6.45, 7) is 4.19. The number of nitrogens with one attached hydrogen (secondary N) is 2. The second-order valence-electron chi connectivity index (χ2n) is 7.25. The van der Waals surface area contributed by atoms with Crippen LogP contribution in [0.15, 0.2) is 54.7 Å². The van der Waals surface area contributed by atoms with Gasteiger partial charge in [-0.2, -0.15) is 0 Å². The van der Waals surface area contributed by atoms with E-state index < -0.39 is 0 Å². The molecule has 0 bridgehead atoms. The van der Waals surface area contributed by atoms with Gasteiger partial charge in [0, 0.05) is 43.3 Å². The number of nitrogens with zero attached hydrogens (tertiary/aromatic N) is 1. The molecule has 4 N–H and O–H groups in total. The van der Waals surface area contributed by atoms with Crippen LogP contribution in [0.4, 0.5) is 0 Å². The Morgan fingerprint density at radius 1 is 1.08 bits per heavy atom. The molecule has 2 heterocycles. The monoisotopic (exact) mass is 348 g/mol. The molecule has 0 radical (unpaired) electrons. The van der Waals surface area contributed by atoms with Gasteiger partial charge in [0.05, 0.1) is 6.17 Å². The van der Waals surface area contributed by atoms with Gasteiger partial charge in [-0.25, -0.2) is 0 Å². The number of nitrogens with two attached hydrogens (primary N) is 1. The molecule has 1 aliphatic rings. The van der Waals surface area contributed by atoms with Crippen LogP contribution >= 0.6 is 0 Å². The van der Waals surface area contributed by atoms with E-state index >= 15 is 0 Å². The van der Waals surface area contributed by atoms with Gasteiger partial charge in [0.2, 0.25) is 0 Å². The summed E-state index contributed by atoms with van der Waals surface area (Å²) < 4.78 is 0. The highest BCUT2D eigenvalue weighted by molar-refractivity contribution is 5.82. The number of benzene rings is 2. The SMILES string of the molecule is NC(CCc1c[nH]c2ccccc12)NCCN1CCc2ccccc2C1. The molecule has 0 saturated heterocycles. The third-order valence-corrected chi connectivity index (χ3v) is 5.44. The van der Waals surface area contributed by atoms with E-state index in [0.717, 1.165) is 45.4 Å². The fraction of sp³-hybridized carbons (Fsp3) is 0.364. The van der Waals surface area contributed by atoms with Crippen molar-refractivity contribution in [2.75, 3.05) is 19.6 Å². The smallest absolute Gasteiger partial charge is 0.0549 e. The molecule has 26 heavy (non-hydrogen) atoms. The lowest BCUT2D eigenvalue weighted by atomic mass is 10.00. The fourth-order valence-corrected chi connectivity index (χ4v) is 3.90. The van der Waals surface area contributed by atoms with Crippen LogP contribution in [0.1, 0.15) is 23.1 Å². The number of aromatic nitrogens is 1. The van der Waals surface area contributed by atoms with Crippen molar-refractivity contribution in [1.82, 2.24) is 15.2 Å². The van der Waals surface area contributed by atoms with Crippen molar-refractivity contribution >= 4 is 10.9 Å². The second-order valence-corrected chi connectivity index (χ2v) is 7.25. The average molecular weight is 348 g/mol. The lowest BCUT2D eigenvalue weighted by Gasteiger charge is -2.29. The van der Waals surface area contributed by atoms with Crippen molar-refractivity contribution in [3.8, 4) is 0 Å². The number of para-hydroxylation sites is 1. The standard InChI is InChI=1S/C22H28N4/c23-22(10-9-18-15-25-21-8-4-3-7-20(18)21)24-12-14-26-13-11-17-5-1-2-6-19(17)16-26/h1-8,15,22,24-25H,9-14,16,23H2. The molecule has 0 amide bonds. The molecule has 0 aliphatic carbocycles. The molecule has 2 aromatic carbocycles. The topological polar surface area (TPSA) is 57.1 Å². The van der Waals surface area contributed by atoms with Crippen LogP contribution in [0, 0.1) is 0 Å². The van der Waals surface area contributed by atoms with Crippen LogP contribution in [0.3, 0.4) is 0 Å². The van der Waals surface area contributed by atoms with Crippen molar-refractivity contribution in [3.05, 3.63) is 71.4 Å². The molecule has 1 atom stereocenters. The molecule has 136 valence electrons. The zero-order valence-electron chi connectivity index (χ0n) is 15.2. The van der Waals surface area contributed by atoms with Crippen LogP contribution in [-0.4, -0.2) is 35.7 Å². The molecule has 0 spiro atoms. The van der Waals surface area contributed by atoms with Crippen molar-refractivity contribution in [1.29, 1.82) is 0 Å². The van der Waals surface area contributed by atoms with E-state index in [1.807, 2.05) is 0 Å². The summed E-state index contributed by atoms with van der Waals surface area (Å²) in [5, 5.41) is 4.80. The zero-order valence-corrected chi connectivity index (χ0v) is 15.2. The highest BCUT2D eigenvalue weighted by Crippen LogP contribution is 2.19. The van der Waals surface area contributed by atoms with E-state index in [9.17, 15) is 0 Å². The second kappa shape index (κ2) is 8.04. The Balaban J connectivity index is 1.21. The summed E-state index contributed by atoms with van der Waals surface area (Å²) in [7, 11) is 0.